The van der Waals surface area contributed by atoms with E-state index in [0.717, 1.165) is 0 Å². The maximum atomic E-state index is 13.4. The molecule has 0 saturated heterocycles. The van der Waals surface area contributed by atoms with Gasteiger partial charge >= 0.3 is 100 Å². The fraction of sp³-hybridized carbons (Fsp3) is 0.200. The molecular formula is C10H10FIO4. The Kier molecular flexibility index (Phi) is 4.66. The van der Waals surface area contributed by atoms with Crippen LogP contribution in [0.25, 0.3) is 0 Å². The summed E-state index contributed by atoms with van der Waals surface area (Å²) in [7, 11) is 0. The summed E-state index contributed by atoms with van der Waals surface area (Å²) in [5.74, 6) is -1.71. The molecule has 0 amide bonds. The molecule has 1 aromatic carbocycles. The van der Waals surface area contributed by atoms with Crippen molar-refractivity contribution in [3.05, 3.63) is 33.7 Å². The molecule has 0 bridgehead atoms. The third-order valence-electron chi connectivity index (χ3n) is 1.35. The molecule has 0 fully saturated rings. The van der Waals surface area contributed by atoms with E-state index in [1.807, 2.05) is 0 Å². The summed E-state index contributed by atoms with van der Waals surface area (Å²) in [6.07, 6.45) is 0. The van der Waals surface area contributed by atoms with Crippen molar-refractivity contribution < 1.29 is 20.1 Å². The first-order valence-electron chi connectivity index (χ1n) is 4.33. The molecule has 0 N–H and O–H groups in total. The normalized spacial score (nSPS) is 10.6. The number of carbonyl (C=O) groups is 2. The van der Waals surface area contributed by atoms with Crippen LogP contribution in [0.3, 0.4) is 0 Å². The van der Waals surface area contributed by atoms with Crippen molar-refractivity contribution >= 4 is 32.6 Å². The number of hydrogen-bond acceptors (Lipinski definition) is 4. The van der Waals surface area contributed by atoms with Crippen molar-refractivity contribution in [3.63, 3.8) is 0 Å². The number of benzene rings is 1. The second-order valence-electron chi connectivity index (χ2n) is 2.77. The topological polar surface area (TPSA) is 52.6 Å². The number of rotatable bonds is 3. The van der Waals surface area contributed by atoms with E-state index in [9.17, 15) is 14.0 Å². The number of carbonyl (C=O) groups excluding carboxylic acids is 2. The van der Waals surface area contributed by atoms with Gasteiger partial charge in [0.15, 0.2) is 0 Å². The monoisotopic (exact) mass is 340 g/mol. The van der Waals surface area contributed by atoms with Gasteiger partial charge in [0.2, 0.25) is 0 Å². The zero-order valence-corrected chi connectivity index (χ0v) is 10.9. The second-order valence-corrected chi connectivity index (χ2v) is 6.05. The van der Waals surface area contributed by atoms with Crippen LogP contribution in [0.4, 0.5) is 4.39 Å². The number of halogens is 2. The molecule has 6 heteroatoms. The fourth-order valence-electron chi connectivity index (χ4n) is 0.861. The third-order valence-corrected chi connectivity index (χ3v) is 5.21. The Morgan fingerprint density at radius 1 is 1.12 bits per heavy atom. The van der Waals surface area contributed by atoms with Crippen LogP contribution >= 0.6 is 20.6 Å². The van der Waals surface area contributed by atoms with Gasteiger partial charge in [0, 0.05) is 0 Å². The maximum absolute atomic E-state index is 13.4. The summed E-state index contributed by atoms with van der Waals surface area (Å²) in [5, 5.41) is 0. The molecule has 0 spiro atoms. The zero-order chi connectivity index (χ0) is 12.1. The van der Waals surface area contributed by atoms with Gasteiger partial charge in [-0.1, -0.05) is 0 Å². The van der Waals surface area contributed by atoms with Crippen molar-refractivity contribution in [2.45, 2.75) is 13.8 Å². The summed E-state index contributed by atoms with van der Waals surface area (Å²) < 4.78 is 23.3. The van der Waals surface area contributed by atoms with Gasteiger partial charge in [0.1, 0.15) is 0 Å². The standard InChI is InChI=1S/C10H10FIO4/c1-7(13)15-12(16-8(2)14)10-6-4-3-5-9(10)11/h3-6H,1-2H3. The van der Waals surface area contributed by atoms with E-state index in [4.69, 9.17) is 6.13 Å². The van der Waals surface area contributed by atoms with Gasteiger partial charge in [-0.15, -0.1) is 0 Å². The molecule has 0 radical (unpaired) electrons. The minimum atomic E-state index is -3.01. The molecule has 0 aliphatic rings. The Morgan fingerprint density at radius 2 is 1.62 bits per heavy atom. The first-order chi connectivity index (χ1) is 7.50. The third kappa shape index (κ3) is 3.76. The Balaban J connectivity index is 2.96. The van der Waals surface area contributed by atoms with E-state index < -0.39 is 38.4 Å². The van der Waals surface area contributed by atoms with Crippen molar-refractivity contribution in [2.75, 3.05) is 0 Å². The van der Waals surface area contributed by atoms with Crippen LogP contribution in [0.5, 0.6) is 0 Å². The molecule has 1 rings (SSSR count). The van der Waals surface area contributed by atoms with Crippen molar-refractivity contribution in [1.29, 1.82) is 0 Å². The summed E-state index contributed by atoms with van der Waals surface area (Å²) in [6.45, 7) is 2.38. The molecule has 0 heterocycles. The van der Waals surface area contributed by atoms with Gasteiger partial charge in [-0.05, 0) is 0 Å². The molecule has 0 aliphatic heterocycles. The van der Waals surface area contributed by atoms with Crippen LogP contribution in [0.2, 0.25) is 0 Å². The molecule has 1 aromatic rings. The predicted molar refractivity (Wildman–Crippen MR) is 62.6 cm³/mol. The van der Waals surface area contributed by atoms with Crippen LogP contribution in [-0.2, 0) is 15.7 Å². The van der Waals surface area contributed by atoms with E-state index in [2.05, 4.69) is 0 Å². The van der Waals surface area contributed by atoms with Gasteiger partial charge in [-0.2, -0.15) is 0 Å². The molecule has 0 saturated carbocycles. The summed E-state index contributed by atoms with van der Waals surface area (Å²) in [4.78, 5) is 21.6. The molecule has 4 nitrogen and oxygen atoms in total. The van der Waals surface area contributed by atoms with Crippen LogP contribution in [0.15, 0.2) is 24.3 Å². The van der Waals surface area contributed by atoms with Gasteiger partial charge in [0.05, 0.1) is 0 Å². The molecule has 0 atom stereocenters. The Hall–Kier alpha value is -1.18. The average molecular weight is 340 g/mol. The number of hydrogen-bond donors (Lipinski definition) is 0. The Labute approximate surface area is 100 Å². The molecule has 0 aliphatic carbocycles. The van der Waals surface area contributed by atoms with Crippen LogP contribution in [0.1, 0.15) is 13.8 Å². The molecule has 16 heavy (non-hydrogen) atoms. The molecule has 0 unspecified atom stereocenters. The van der Waals surface area contributed by atoms with E-state index in [1.54, 1.807) is 6.07 Å². The quantitative estimate of drug-likeness (QED) is 0.794. The first kappa shape index (κ1) is 12.9. The van der Waals surface area contributed by atoms with E-state index in [-0.39, 0.29) is 3.57 Å². The Morgan fingerprint density at radius 3 is 2.06 bits per heavy atom. The van der Waals surface area contributed by atoms with Gasteiger partial charge in [0.25, 0.3) is 0 Å². The van der Waals surface area contributed by atoms with Gasteiger partial charge in [-0.25, -0.2) is 0 Å². The van der Waals surface area contributed by atoms with E-state index in [0.29, 0.717) is 0 Å². The van der Waals surface area contributed by atoms with Crippen LogP contribution in [-0.4, -0.2) is 11.9 Å². The predicted octanol–water partition coefficient (Wildman–Crippen LogP) is 2.46. The first-order valence-corrected chi connectivity index (χ1v) is 7.17. The summed E-state index contributed by atoms with van der Waals surface area (Å²) in [5.41, 5.74) is 0. The Bertz CT molecular complexity index is 392. The van der Waals surface area contributed by atoms with Gasteiger partial charge < -0.3 is 0 Å². The fourth-order valence-corrected chi connectivity index (χ4v) is 3.65. The van der Waals surface area contributed by atoms with Crippen molar-refractivity contribution in [3.8, 4) is 0 Å². The van der Waals surface area contributed by atoms with E-state index in [1.165, 1.54) is 32.0 Å². The minimum absolute atomic E-state index is 0.164. The van der Waals surface area contributed by atoms with Crippen LogP contribution in [0, 0.1) is 9.39 Å². The second kappa shape index (κ2) is 5.78. The molecule has 88 valence electrons. The van der Waals surface area contributed by atoms with Crippen molar-refractivity contribution in [2.24, 2.45) is 0 Å². The van der Waals surface area contributed by atoms with Gasteiger partial charge in [-0.3, -0.25) is 0 Å². The van der Waals surface area contributed by atoms with E-state index >= 15 is 0 Å². The molecular weight excluding hydrogens is 330 g/mol. The van der Waals surface area contributed by atoms with Crippen molar-refractivity contribution in [1.82, 2.24) is 0 Å². The summed E-state index contributed by atoms with van der Waals surface area (Å²) in [6, 6.07) is 5.78. The summed E-state index contributed by atoms with van der Waals surface area (Å²) >= 11 is -3.01. The molecule has 0 aromatic heterocycles. The average Bonchev–Trinajstić information content (AvgIpc) is 2.15. The zero-order valence-electron chi connectivity index (χ0n) is 8.70. The SMILES string of the molecule is CC(=O)OI(OC(C)=O)c1ccccc1F. The van der Waals surface area contributed by atoms with Crippen LogP contribution < -0.4 is 0 Å².